The summed E-state index contributed by atoms with van der Waals surface area (Å²) >= 11 is 0. The molecule has 1 aromatic carbocycles. The number of nitrogens with one attached hydrogen (secondary N) is 1. The third-order valence-corrected chi connectivity index (χ3v) is 3.58. The SMILES string of the molecule is CCNCCc1c(C)nn(Cc2ccc(F)cc2)c1C. The highest BCUT2D eigenvalue weighted by atomic mass is 19.1. The zero-order chi connectivity index (χ0) is 14.5. The van der Waals surface area contributed by atoms with E-state index < -0.39 is 0 Å². The first-order valence-electron chi connectivity index (χ1n) is 7.10. The van der Waals surface area contributed by atoms with Crippen molar-refractivity contribution in [3.8, 4) is 0 Å². The van der Waals surface area contributed by atoms with Crippen LogP contribution in [0.4, 0.5) is 4.39 Å². The Labute approximate surface area is 119 Å². The summed E-state index contributed by atoms with van der Waals surface area (Å²) in [6, 6.07) is 6.61. The van der Waals surface area contributed by atoms with E-state index in [1.54, 1.807) is 0 Å². The molecule has 0 spiro atoms. The van der Waals surface area contributed by atoms with E-state index in [1.165, 1.54) is 23.4 Å². The second-order valence-electron chi connectivity index (χ2n) is 5.04. The number of nitrogens with zero attached hydrogens (tertiary/aromatic N) is 2. The lowest BCUT2D eigenvalue weighted by atomic mass is 10.1. The van der Waals surface area contributed by atoms with E-state index in [4.69, 9.17) is 0 Å². The number of likely N-dealkylation sites (N-methyl/N-ethyl adjacent to an activating group) is 1. The molecule has 1 heterocycles. The lowest BCUT2D eigenvalue weighted by Crippen LogP contribution is -2.16. The van der Waals surface area contributed by atoms with Crippen LogP contribution >= 0.6 is 0 Å². The minimum Gasteiger partial charge on any atom is -0.317 e. The van der Waals surface area contributed by atoms with Gasteiger partial charge in [0.25, 0.3) is 0 Å². The maximum atomic E-state index is 12.9. The smallest absolute Gasteiger partial charge is 0.123 e. The van der Waals surface area contributed by atoms with Crippen LogP contribution in [0.2, 0.25) is 0 Å². The van der Waals surface area contributed by atoms with Crippen molar-refractivity contribution in [2.45, 2.75) is 33.7 Å². The minimum absolute atomic E-state index is 0.201. The fourth-order valence-electron chi connectivity index (χ4n) is 2.40. The van der Waals surface area contributed by atoms with Gasteiger partial charge in [0.05, 0.1) is 12.2 Å². The maximum absolute atomic E-state index is 12.9. The molecule has 0 unspecified atom stereocenters. The highest BCUT2D eigenvalue weighted by molar-refractivity contribution is 5.26. The van der Waals surface area contributed by atoms with E-state index in [9.17, 15) is 4.39 Å². The minimum atomic E-state index is -0.201. The Morgan fingerprint density at radius 1 is 1.20 bits per heavy atom. The van der Waals surface area contributed by atoms with Crippen molar-refractivity contribution in [2.24, 2.45) is 0 Å². The molecule has 1 aromatic heterocycles. The van der Waals surface area contributed by atoms with Gasteiger partial charge in [0.2, 0.25) is 0 Å². The molecule has 0 aliphatic carbocycles. The quantitative estimate of drug-likeness (QED) is 0.822. The molecule has 3 nitrogen and oxygen atoms in total. The summed E-state index contributed by atoms with van der Waals surface area (Å²) in [6.45, 7) is 8.91. The topological polar surface area (TPSA) is 29.9 Å². The molecule has 0 aliphatic heterocycles. The molecule has 0 aliphatic rings. The van der Waals surface area contributed by atoms with Crippen LogP contribution in [0.1, 0.15) is 29.4 Å². The number of hydrogen-bond acceptors (Lipinski definition) is 2. The highest BCUT2D eigenvalue weighted by Crippen LogP contribution is 2.15. The van der Waals surface area contributed by atoms with Crippen LogP contribution in [0, 0.1) is 19.7 Å². The zero-order valence-electron chi connectivity index (χ0n) is 12.4. The fourth-order valence-corrected chi connectivity index (χ4v) is 2.40. The van der Waals surface area contributed by atoms with Gasteiger partial charge in [-0.05, 0) is 56.6 Å². The molecule has 0 radical (unpaired) electrons. The van der Waals surface area contributed by atoms with E-state index in [1.807, 2.05) is 16.8 Å². The molecule has 4 heteroatoms. The normalized spacial score (nSPS) is 11.0. The van der Waals surface area contributed by atoms with Crippen molar-refractivity contribution in [3.05, 3.63) is 52.6 Å². The Morgan fingerprint density at radius 3 is 2.55 bits per heavy atom. The van der Waals surface area contributed by atoms with Crippen LogP contribution in [0.5, 0.6) is 0 Å². The van der Waals surface area contributed by atoms with Crippen molar-refractivity contribution >= 4 is 0 Å². The monoisotopic (exact) mass is 275 g/mol. The number of halogens is 1. The Bertz CT molecular complexity index is 558. The van der Waals surface area contributed by atoms with Crippen molar-refractivity contribution in [1.29, 1.82) is 0 Å². The van der Waals surface area contributed by atoms with E-state index in [0.717, 1.165) is 30.8 Å². The molecular weight excluding hydrogens is 253 g/mol. The molecule has 1 N–H and O–H groups in total. The summed E-state index contributed by atoms with van der Waals surface area (Å²) in [7, 11) is 0. The fraction of sp³-hybridized carbons (Fsp3) is 0.438. The van der Waals surface area contributed by atoms with Gasteiger partial charge >= 0.3 is 0 Å². The first-order chi connectivity index (χ1) is 9.61. The number of rotatable bonds is 6. The van der Waals surface area contributed by atoms with Crippen LogP contribution in [0.25, 0.3) is 0 Å². The summed E-state index contributed by atoms with van der Waals surface area (Å²) in [5.74, 6) is -0.201. The van der Waals surface area contributed by atoms with E-state index >= 15 is 0 Å². The molecule has 0 fully saturated rings. The highest BCUT2D eigenvalue weighted by Gasteiger charge is 2.11. The Kier molecular flexibility index (Phi) is 4.90. The summed E-state index contributed by atoms with van der Waals surface area (Å²) in [5, 5.41) is 7.94. The standard InChI is InChI=1S/C16H22FN3/c1-4-18-10-9-16-12(2)19-20(13(16)3)11-14-5-7-15(17)8-6-14/h5-8,18H,4,9-11H2,1-3H3. The van der Waals surface area contributed by atoms with Gasteiger partial charge in [-0.15, -0.1) is 0 Å². The molecule has 2 aromatic rings. The summed E-state index contributed by atoms with van der Waals surface area (Å²) in [6.07, 6.45) is 0.995. The largest absolute Gasteiger partial charge is 0.317 e. The van der Waals surface area contributed by atoms with Crippen LogP contribution in [-0.2, 0) is 13.0 Å². The van der Waals surface area contributed by atoms with E-state index in [0.29, 0.717) is 6.54 Å². The molecule has 108 valence electrons. The second kappa shape index (κ2) is 6.66. The summed E-state index contributed by atoms with van der Waals surface area (Å²) in [5.41, 5.74) is 4.66. The first-order valence-corrected chi connectivity index (χ1v) is 7.10. The van der Waals surface area contributed by atoms with Crippen LogP contribution in [-0.4, -0.2) is 22.9 Å². The van der Waals surface area contributed by atoms with Gasteiger partial charge in [0, 0.05) is 5.69 Å². The molecule has 0 saturated heterocycles. The maximum Gasteiger partial charge on any atom is 0.123 e. The molecule has 0 bridgehead atoms. The van der Waals surface area contributed by atoms with E-state index in [-0.39, 0.29) is 5.82 Å². The van der Waals surface area contributed by atoms with Crippen LogP contribution in [0.3, 0.4) is 0 Å². The van der Waals surface area contributed by atoms with Crippen molar-refractivity contribution in [3.63, 3.8) is 0 Å². The molecule has 0 saturated carbocycles. The number of aryl methyl sites for hydroxylation is 1. The van der Waals surface area contributed by atoms with Gasteiger partial charge in [-0.3, -0.25) is 4.68 Å². The molecule has 20 heavy (non-hydrogen) atoms. The zero-order valence-corrected chi connectivity index (χ0v) is 12.4. The average molecular weight is 275 g/mol. The van der Waals surface area contributed by atoms with Gasteiger partial charge in [-0.25, -0.2) is 4.39 Å². The second-order valence-corrected chi connectivity index (χ2v) is 5.04. The Balaban J connectivity index is 2.12. The van der Waals surface area contributed by atoms with Gasteiger partial charge in [0.1, 0.15) is 5.82 Å². The van der Waals surface area contributed by atoms with Crippen LogP contribution in [0.15, 0.2) is 24.3 Å². The van der Waals surface area contributed by atoms with Crippen molar-refractivity contribution < 1.29 is 4.39 Å². The van der Waals surface area contributed by atoms with Gasteiger partial charge in [0.15, 0.2) is 0 Å². The van der Waals surface area contributed by atoms with Gasteiger partial charge < -0.3 is 5.32 Å². The van der Waals surface area contributed by atoms with E-state index in [2.05, 4.69) is 31.2 Å². The Morgan fingerprint density at radius 2 is 1.90 bits per heavy atom. The first kappa shape index (κ1) is 14.7. The molecule has 2 rings (SSSR count). The molecule has 0 atom stereocenters. The summed E-state index contributed by atoms with van der Waals surface area (Å²) in [4.78, 5) is 0. The third kappa shape index (κ3) is 3.45. The predicted octanol–water partition coefficient (Wildman–Crippen LogP) is 2.84. The van der Waals surface area contributed by atoms with Gasteiger partial charge in [-0.2, -0.15) is 5.10 Å². The predicted molar refractivity (Wildman–Crippen MR) is 79.5 cm³/mol. The van der Waals surface area contributed by atoms with Crippen molar-refractivity contribution in [2.75, 3.05) is 13.1 Å². The lowest BCUT2D eigenvalue weighted by Gasteiger charge is -2.06. The summed E-state index contributed by atoms with van der Waals surface area (Å²) < 4.78 is 14.9. The van der Waals surface area contributed by atoms with Crippen molar-refractivity contribution in [1.82, 2.24) is 15.1 Å². The number of hydrogen-bond donors (Lipinski definition) is 1. The Hall–Kier alpha value is -1.68. The molecule has 0 amide bonds. The van der Waals surface area contributed by atoms with Gasteiger partial charge in [-0.1, -0.05) is 19.1 Å². The lowest BCUT2D eigenvalue weighted by molar-refractivity contribution is 0.622. The third-order valence-electron chi connectivity index (χ3n) is 3.58. The number of aromatic nitrogens is 2. The van der Waals surface area contributed by atoms with Crippen LogP contribution < -0.4 is 5.32 Å². The number of benzene rings is 1. The average Bonchev–Trinajstić information content (AvgIpc) is 2.69. The molecular formula is C16H22FN3.